The number of carbonyl (C=O) groups excluding carboxylic acids is 1. The van der Waals surface area contributed by atoms with E-state index < -0.39 is 17.8 Å². The highest BCUT2D eigenvalue weighted by Gasteiger charge is 2.43. The van der Waals surface area contributed by atoms with Gasteiger partial charge in [-0.15, -0.1) is 0 Å². The van der Waals surface area contributed by atoms with Gasteiger partial charge in [-0.3, -0.25) is 14.5 Å². The summed E-state index contributed by atoms with van der Waals surface area (Å²) in [7, 11) is 1.54. The largest absolute Gasteiger partial charge is 0.497 e. The molecular formula is C25H18FNO4. The topological polar surface area (TPSA) is 59.8 Å². The van der Waals surface area contributed by atoms with Crippen molar-refractivity contribution in [3.05, 3.63) is 105 Å². The van der Waals surface area contributed by atoms with E-state index in [-0.39, 0.29) is 16.8 Å². The second kappa shape index (κ2) is 7.09. The summed E-state index contributed by atoms with van der Waals surface area (Å²) in [5.74, 6) is -0.266. The van der Waals surface area contributed by atoms with Crippen LogP contribution in [-0.4, -0.2) is 13.0 Å². The van der Waals surface area contributed by atoms with Gasteiger partial charge in [0.1, 0.15) is 17.1 Å². The van der Waals surface area contributed by atoms with E-state index in [0.29, 0.717) is 28.0 Å². The highest BCUT2D eigenvalue weighted by atomic mass is 19.1. The van der Waals surface area contributed by atoms with Gasteiger partial charge < -0.3 is 9.15 Å². The van der Waals surface area contributed by atoms with E-state index in [9.17, 15) is 14.0 Å². The summed E-state index contributed by atoms with van der Waals surface area (Å²) >= 11 is 0. The van der Waals surface area contributed by atoms with Crippen LogP contribution in [0.1, 0.15) is 33.3 Å². The predicted molar refractivity (Wildman–Crippen MR) is 115 cm³/mol. The lowest BCUT2D eigenvalue weighted by Crippen LogP contribution is -2.29. The molecule has 3 aromatic carbocycles. The molecule has 6 heteroatoms. The lowest BCUT2D eigenvalue weighted by Gasteiger charge is -2.25. The van der Waals surface area contributed by atoms with Gasteiger partial charge in [0.25, 0.3) is 5.91 Å². The number of anilines is 1. The van der Waals surface area contributed by atoms with Crippen LogP contribution in [0.4, 0.5) is 10.1 Å². The maximum Gasteiger partial charge on any atom is 0.295 e. The first kappa shape index (κ1) is 19.1. The number of nitrogens with zero attached hydrogens (tertiary/aromatic N) is 1. The van der Waals surface area contributed by atoms with E-state index >= 15 is 0 Å². The normalized spacial score (nSPS) is 15.4. The van der Waals surface area contributed by atoms with E-state index in [1.54, 1.807) is 48.5 Å². The molecule has 0 saturated heterocycles. The van der Waals surface area contributed by atoms with Crippen LogP contribution in [0.2, 0.25) is 0 Å². The number of halogens is 1. The molecule has 0 saturated carbocycles. The minimum absolute atomic E-state index is 0.00139. The molecule has 2 heterocycles. The lowest BCUT2D eigenvalue weighted by molar-refractivity contribution is 0.0971. The molecule has 5 nitrogen and oxygen atoms in total. The summed E-state index contributed by atoms with van der Waals surface area (Å²) in [6, 6.07) is 17.3. The third-order valence-corrected chi connectivity index (χ3v) is 5.54. The number of benzene rings is 3. The maximum atomic E-state index is 13.6. The van der Waals surface area contributed by atoms with E-state index in [0.717, 1.165) is 5.56 Å². The molecule has 5 rings (SSSR count). The van der Waals surface area contributed by atoms with Crippen molar-refractivity contribution in [1.29, 1.82) is 0 Å². The first-order valence-corrected chi connectivity index (χ1v) is 9.78. The Hall–Kier alpha value is -3.93. The molecule has 0 spiro atoms. The number of methoxy groups -OCH3 is 1. The van der Waals surface area contributed by atoms with Gasteiger partial charge in [0.05, 0.1) is 24.1 Å². The van der Waals surface area contributed by atoms with Crippen molar-refractivity contribution >= 4 is 22.6 Å². The number of fused-ring (bicyclic) bond motifs is 2. The Bertz CT molecular complexity index is 1390. The zero-order valence-corrected chi connectivity index (χ0v) is 16.9. The Morgan fingerprint density at radius 3 is 2.52 bits per heavy atom. The highest BCUT2D eigenvalue weighted by molar-refractivity contribution is 6.10. The van der Waals surface area contributed by atoms with Gasteiger partial charge in [-0.25, -0.2) is 4.39 Å². The molecular weight excluding hydrogens is 397 g/mol. The molecule has 0 aliphatic carbocycles. The molecule has 1 aliphatic rings. The van der Waals surface area contributed by atoms with Gasteiger partial charge in [0.15, 0.2) is 5.43 Å². The van der Waals surface area contributed by atoms with E-state index in [1.165, 1.54) is 24.1 Å². The van der Waals surface area contributed by atoms with Crippen molar-refractivity contribution in [2.24, 2.45) is 0 Å². The molecule has 1 unspecified atom stereocenters. The van der Waals surface area contributed by atoms with Crippen LogP contribution in [0.25, 0.3) is 11.0 Å². The molecule has 1 aromatic heterocycles. The van der Waals surface area contributed by atoms with Crippen LogP contribution in [0.15, 0.2) is 75.9 Å². The third kappa shape index (κ3) is 2.99. The molecule has 0 fully saturated rings. The smallest absolute Gasteiger partial charge is 0.295 e. The van der Waals surface area contributed by atoms with Gasteiger partial charge >= 0.3 is 0 Å². The number of hydrogen-bond donors (Lipinski definition) is 0. The van der Waals surface area contributed by atoms with E-state index in [2.05, 4.69) is 0 Å². The van der Waals surface area contributed by atoms with Crippen LogP contribution in [-0.2, 0) is 0 Å². The van der Waals surface area contributed by atoms with Crippen LogP contribution < -0.4 is 15.1 Å². The van der Waals surface area contributed by atoms with E-state index in [1.807, 2.05) is 13.0 Å². The van der Waals surface area contributed by atoms with Crippen molar-refractivity contribution in [2.45, 2.75) is 13.0 Å². The Kier molecular flexibility index (Phi) is 4.36. The number of aryl methyl sites for hydroxylation is 1. The third-order valence-electron chi connectivity index (χ3n) is 5.54. The van der Waals surface area contributed by atoms with Gasteiger partial charge in [0, 0.05) is 11.8 Å². The molecule has 31 heavy (non-hydrogen) atoms. The van der Waals surface area contributed by atoms with E-state index in [4.69, 9.17) is 9.15 Å². The number of rotatable bonds is 3. The monoisotopic (exact) mass is 415 g/mol. The molecule has 0 bridgehead atoms. The zero-order chi connectivity index (χ0) is 21.7. The summed E-state index contributed by atoms with van der Waals surface area (Å²) in [6.07, 6.45) is 0. The summed E-state index contributed by atoms with van der Waals surface area (Å²) in [5.41, 5.74) is 2.39. The van der Waals surface area contributed by atoms with Crippen LogP contribution in [0, 0.1) is 12.7 Å². The minimum Gasteiger partial charge on any atom is -0.497 e. The molecule has 154 valence electrons. The van der Waals surface area contributed by atoms with Crippen molar-refractivity contribution in [1.82, 2.24) is 0 Å². The number of ether oxygens (including phenoxy) is 1. The van der Waals surface area contributed by atoms with Gasteiger partial charge in [-0.2, -0.15) is 0 Å². The number of amides is 1. The zero-order valence-electron chi connectivity index (χ0n) is 16.9. The molecule has 0 N–H and O–H groups in total. The minimum atomic E-state index is -0.753. The van der Waals surface area contributed by atoms with Crippen molar-refractivity contribution in [2.75, 3.05) is 12.0 Å². The van der Waals surface area contributed by atoms with Crippen molar-refractivity contribution < 1.29 is 18.3 Å². The van der Waals surface area contributed by atoms with Crippen LogP contribution in [0.3, 0.4) is 0 Å². The summed E-state index contributed by atoms with van der Waals surface area (Å²) in [6.45, 7) is 1.89. The Morgan fingerprint density at radius 1 is 1.00 bits per heavy atom. The summed E-state index contributed by atoms with van der Waals surface area (Å²) in [4.78, 5) is 28.5. The van der Waals surface area contributed by atoms with Gasteiger partial charge in [-0.1, -0.05) is 29.8 Å². The van der Waals surface area contributed by atoms with Gasteiger partial charge in [0.2, 0.25) is 5.76 Å². The molecule has 4 aromatic rings. The molecule has 0 radical (unpaired) electrons. The van der Waals surface area contributed by atoms with Gasteiger partial charge in [-0.05, 0) is 48.9 Å². The van der Waals surface area contributed by atoms with Crippen molar-refractivity contribution in [3.63, 3.8) is 0 Å². The average Bonchev–Trinajstić information content (AvgIpc) is 3.07. The average molecular weight is 415 g/mol. The first-order chi connectivity index (χ1) is 15.0. The predicted octanol–water partition coefficient (Wildman–Crippen LogP) is 5.00. The Labute approximate surface area is 177 Å². The summed E-state index contributed by atoms with van der Waals surface area (Å²) < 4.78 is 24.9. The lowest BCUT2D eigenvalue weighted by atomic mass is 9.98. The molecule has 1 atom stereocenters. The maximum absolute atomic E-state index is 13.6. The fourth-order valence-corrected chi connectivity index (χ4v) is 4.07. The van der Waals surface area contributed by atoms with Crippen LogP contribution in [0.5, 0.6) is 5.75 Å². The fraction of sp³-hybridized carbons (Fsp3) is 0.120. The second-order valence-electron chi connectivity index (χ2n) is 7.50. The number of hydrogen-bond acceptors (Lipinski definition) is 4. The second-order valence-corrected chi connectivity index (χ2v) is 7.50. The standard InChI is InChI=1S/C25H18FNO4/c1-14-6-11-20-19(12-14)23(28)21-22(15-7-9-16(26)10-8-15)27(25(29)24(21)31-20)17-4-3-5-18(13-17)30-2/h3-13,22H,1-2H3. The fourth-order valence-electron chi connectivity index (χ4n) is 4.07. The first-order valence-electron chi connectivity index (χ1n) is 9.78. The highest BCUT2D eigenvalue weighted by Crippen LogP contribution is 2.41. The summed E-state index contributed by atoms with van der Waals surface area (Å²) in [5, 5.41) is 0.408. The molecule has 1 aliphatic heterocycles. The number of carbonyl (C=O) groups is 1. The van der Waals surface area contributed by atoms with Crippen molar-refractivity contribution in [3.8, 4) is 5.75 Å². The van der Waals surface area contributed by atoms with Crippen LogP contribution >= 0.6 is 0 Å². The quantitative estimate of drug-likeness (QED) is 0.473. The Balaban J connectivity index is 1.81. The Morgan fingerprint density at radius 2 is 1.77 bits per heavy atom. The molecule has 1 amide bonds. The SMILES string of the molecule is COc1cccc(N2C(=O)c3oc4ccc(C)cc4c(=O)c3C2c2ccc(F)cc2)c1.